The van der Waals surface area contributed by atoms with Gasteiger partial charge in [0.15, 0.2) is 4.34 Å². The number of aromatic nitrogens is 2. The molecule has 0 bridgehead atoms. The van der Waals surface area contributed by atoms with Crippen LogP contribution in [0.2, 0.25) is 0 Å². The van der Waals surface area contributed by atoms with Gasteiger partial charge in [-0.15, -0.1) is 21.5 Å². The largest absolute Gasteiger partial charge is 0.497 e. The van der Waals surface area contributed by atoms with Crippen molar-refractivity contribution in [1.29, 1.82) is 0 Å². The lowest BCUT2D eigenvalue weighted by atomic mass is 9.95. The molecule has 190 valence electrons. The summed E-state index contributed by atoms with van der Waals surface area (Å²) < 4.78 is 11.0. The minimum Gasteiger partial charge on any atom is -0.497 e. The van der Waals surface area contributed by atoms with Crippen molar-refractivity contribution in [3.63, 3.8) is 0 Å². The molecule has 0 radical (unpaired) electrons. The van der Waals surface area contributed by atoms with Gasteiger partial charge in [0.1, 0.15) is 10.8 Å². The van der Waals surface area contributed by atoms with E-state index >= 15 is 0 Å². The Bertz CT molecular complexity index is 1270. The Morgan fingerprint density at radius 2 is 1.94 bits per heavy atom. The Hall–Kier alpha value is -2.96. The molecule has 1 atom stereocenters. The molecular weight excluding hydrogens is 520 g/mol. The summed E-state index contributed by atoms with van der Waals surface area (Å²) in [5.41, 5.74) is 1.92. The molecular formula is C24H26N4O5S3. The van der Waals surface area contributed by atoms with Crippen LogP contribution in [-0.4, -0.2) is 46.9 Å². The van der Waals surface area contributed by atoms with Crippen molar-refractivity contribution in [3.05, 3.63) is 45.8 Å². The summed E-state index contributed by atoms with van der Waals surface area (Å²) in [4.78, 5) is 39.3. The number of esters is 1. The van der Waals surface area contributed by atoms with Crippen molar-refractivity contribution in [2.45, 2.75) is 49.1 Å². The van der Waals surface area contributed by atoms with E-state index in [0.717, 1.165) is 36.1 Å². The molecule has 1 aliphatic carbocycles. The molecule has 2 amide bonds. The highest BCUT2D eigenvalue weighted by molar-refractivity contribution is 8.02. The van der Waals surface area contributed by atoms with E-state index in [9.17, 15) is 14.4 Å². The molecule has 0 saturated heterocycles. The Morgan fingerprint density at radius 1 is 1.14 bits per heavy atom. The molecule has 0 saturated carbocycles. The molecule has 1 unspecified atom stereocenters. The molecule has 2 N–H and O–H groups in total. The smallest absolute Gasteiger partial charge is 0.341 e. The van der Waals surface area contributed by atoms with Crippen LogP contribution in [0.3, 0.4) is 0 Å². The van der Waals surface area contributed by atoms with Gasteiger partial charge in [-0.3, -0.25) is 14.9 Å². The monoisotopic (exact) mass is 546 g/mol. The van der Waals surface area contributed by atoms with Crippen LogP contribution in [0.5, 0.6) is 5.75 Å². The minimum atomic E-state index is -0.506. The number of thiophene rings is 1. The van der Waals surface area contributed by atoms with Crippen LogP contribution >= 0.6 is 34.4 Å². The van der Waals surface area contributed by atoms with E-state index in [2.05, 4.69) is 20.8 Å². The van der Waals surface area contributed by atoms with Gasteiger partial charge in [0.25, 0.3) is 5.91 Å². The first-order chi connectivity index (χ1) is 17.4. The molecule has 3 aromatic rings. The summed E-state index contributed by atoms with van der Waals surface area (Å²) >= 11 is 3.87. The fourth-order valence-electron chi connectivity index (χ4n) is 3.73. The van der Waals surface area contributed by atoms with Gasteiger partial charge in [-0.05, 0) is 63.3 Å². The van der Waals surface area contributed by atoms with Crippen LogP contribution in [0.4, 0.5) is 10.1 Å². The van der Waals surface area contributed by atoms with E-state index in [1.165, 1.54) is 41.5 Å². The Kier molecular flexibility index (Phi) is 8.60. The number of benzene rings is 1. The summed E-state index contributed by atoms with van der Waals surface area (Å²) in [7, 11) is 1.53. The van der Waals surface area contributed by atoms with Crippen molar-refractivity contribution < 1.29 is 23.9 Å². The molecule has 12 heteroatoms. The molecule has 9 nitrogen and oxygen atoms in total. The average Bonchev–Trinajstić information content (AvgIpc) is 3.47. The van der Waals surface area contributed by atoms with Crippen molar-refractivity contribution in [1.82, 2.24) is 10.2 Å². The number of methoxy groups -OCH3 is 1. The van der Waals surface area contributed by atoms with Crippen LogP contribution < -0.4 is 15.4 Å². The molecule has 0 fully saturated rings. The lowest BCUT2D eigenvalue weighted by molar-refractivity contribution is -0.115. The fraction of sp³-hybridized carbons (Fsp3) is 0.375. The number of aryl methyl sites for hydroxylation is 1. The standard InChI is InChI=1S/C24H26N4O5S3/c1-4-33-22(31)18-16-10-5-6-11-17(16)35-21(18)25-19(29)13(2)34-24-28-27-23(36-24)26-20(30)14-8-7-9-15(12-14)32-3/h7-9,12-13H,4-6,10-11H2,1-3H3,(H,25,29)(H,26,27,30). The van der Waals surface area contributed by atoms with E-state index in [-0.39, 0.29) is 18.4 Å². The highest BCUT2D eigenvalue weighted by Gasteiger charge is 2.28. The van der Waals surface area contributed by atoms with Crippen molar-refractivity contribution in [2.24, 2.45) is 0 Å². The predicted molar refractivity (Wildman–Crippen MR) is 142 cm³/mol. The number of fused-ring (bicyclic) bond motifs is 1. The lowest BCUT2D eigenvalue weighted by Crippen LogP contribution is -2.23. The van der Waals surface area contributed by atoms with E-state index in [1.54, 1.807) is 38.1 Å². The number of carbonyl (C=O) groups excluding carboxylic acids is 3. The van der Waals surface area contributed by atoms with Gasteiger partial charge in [-0.25, -0.2) is 4.79 Å². The van der Waals surface area contributed by atoms with Gasteiger partial charge in [-0.1, -0.05) is 29.2 Å². The quantitative estimate of drug-likeness (QED) is 0.218. The van der Waals surface area contributed by atoms with E-state index in [0.29, 0.717) is 31.3 Å². The summed E-state index contributed by atoms with van der Waals surface area (Å²) in [6.45, 7) is 3.80. The number of ether oxygens (including phenoxy) is 2. The number of hydrogen-bond acceptors (Lipinski definition) is 10. The maximum absolute atomic E-state index is 13.0. The Labute approximate surface area is 221 Å². The van der Waals surface area contributed by atoms with E-state index in [1.807, 2.05) is 0 Å². The molecule has 0 aliphatic heterocycles. The lowest BCUT2D eigenvalue weighted by Gasteiger charge is -2.13. The van der Waals surface area contributed by atoms with Crippen molar-refractivity contribution in [3.8, 4) is 5.75 Å². The average molecular weight is 547 g/mol. The van der Waals surface area contributed by atoms with Gasteiger partial charge in [0, 0.05) is 10.4 Å². The van der Waals surface area contributed by atoms with Crippen molar-refractivity contribution in [2.75, 3.05) is 24.4 Å². The van der Waals surface area contributed by atoms with Crippen LogP contribution in [0, 0.1) is 0 Å². The van der Waals surface area contributed by atoms with Gasteiger partial charge in [-0.2, -0.15) is 0 Å². The second-order valence-electron chi connectivity index (χ2n) is 7.94. The fourth-order valence-corrected chi connectivity index (χ4v) is 6.90. The normalized spacial score (nSPS) is 13.4. The molecule has 2 heterocycles. The number of carbonyl (C=O) groups is 3. The third kappa shape index (κ3) is 6.05. The third-order valence-corrected chi connectivity index (χ3v) is 8.72. The summed E-state index contributed by atoms with van der Waals surface area (Å²) in [5.74, 6) is -0.399. The van der Waals surface area contributed by atoms with Gasteiger partial charge in [0.05, 0.1) is 24.5 Å². The predicted octanol–water partition coefficient (Wildman–Crippen LogP) is 5.04. The van der Waals surface area contributed by atoms with E-state index < -0.39 is 11.2 Å². The number of rotatable bonds is 9. The molecule has 4 rings (SSSR count). The highest BCUT2D eigenvalue weighted by atomic mass is 32.2. The number of nitrogens with one attached hydrogen (secondary N) is 2. The minimum absolute atomic E-state index is 0.249. The topological polar surface area (TPSA) is 120 Å². The van der Waals surface area contributed by atoms with Gasteiger partial charge >= 0.3 is 5.97 Å². The molecule has 1 aliphatic rings. The first kappa shape index (κ1) is 26.1. The second kappa shape index (κ2) is 11.8. The Morgan fingerprint density at radius 3 is 2.72 bits per heavy atom. The van der Waals surface area contributed by atoms with Crippen LogP contribution in [0.15, 0.2) is 28.6 Å². The summed E-state index contributed by atoms with van der Waals surface area (Å²) in [6, 6.07) is 6.79. The number of hydrogen-bond donors (Lipinski definition) is 2. The van der Waals surface area contributed by atoms with Crippen molar-refractivity contribution >= 4 is 62.4 Å². The van der Waals surface area contributed by atoms with Crippen LogP contribution in [-0.2, 0) is 22.4 Å². The Balaban J connectivity index is 1.40. The highest BCUT2D eigenvalue weighted by Crippen LogP contribution is 2.39. The van der Waals surface area contributed by atoms with Crippen LogP contribution in [0.25, 0.3) is 0 Å². The second-order valence-corrected chi connectivity index (χ2v) is 11.6. The van der Waals surface area contributed by atoms with Crippen LogP contribution in [0.1, 0.15) is 57.8 Å². The molecule has 0 spiro atoms. The van der Waals surface area contributed by atoms with E-state index in [4.69, 9.17) is 9.47 Å². The number of thioether (sulfide) groups is 1. The van der Waals surface area contributed by atoms with Gasteiger partial charge in [0.2, 0.25) is 11.0 Å². The molecule has 1 aromatic carbocycles. The molecule has 36 heavy (non-hydrogen) atoms. The SMILES string of the molecule is CCOC(=O)c1c(NC(=O)C(C)Sc2nnc(NC(=O)c3cccc(OC)c3)s2)sc2c1CCCC2. The third-order valence-electron chi connectivity index (χ3n) is 5.49. The summed E-state index contributed by atoms with van der Waals surface area (Å²) in [5, 5.41) is 14.1. The molecule has 2 aromatic heterocycles. The zero-order chi connectivity index (χ0) is 25.7. The zero-order valence-electron chi connectivity index (χ0n) is 20.1. The first-order valence-corrected chi connectivity index (χ1v) is 14.0. The number of amides is 2. The van der Waals surface area contributed by atoms with Gasteiger partial charge < -0.3 is 14.8 Å². The maximum atomic E-state index is 13.0. The number of anilines is 2. The zero-order valence-corrected chi connectivity index (χ0v) is 22.5. The summed E-state index contributed by atoms with van der Waals surface area (Å²) in [6.07, 6.45) is 3.81. The maximum Gasteiger partial charge on any atom is 0.341 e. The first-order valence-electron chi connectivity index (χ1n) is 11.5. The number of nitrogens with zero attached hydrogens (tertiary/aromatic N) is 2.